The lowest BCUT2D eigenvalue weighted by Gasteiger charge is -2.01. The highest BCUT2D eigenvalue weighted by atomic mass is 35.5. The predicted octanol–water partition coefficient (Wildman–Crippen LogP) is 3.68. The van der Waals surface area contributed by atoms with Gasteiger partial charge in [0.05, 0.1) is 4.34 Å². The summed E-state index contributed by atoms with van der Waals surface area (Å²) in [6.45, 7) is 4.30. The Morgan fingerprint density at radius 3 is 2.85 bits per heavy atom. The van der Waals surface area contributed by atoms with Gasteiger partial charge in [0.15, 0.2) is 0 Å². The van der Waals surface area contributed by atoms with Crippen LogP contribution in [0.4, 0.5) is 0 Å². The topological polar surface area (TPSA) is 12.0 Å². The second kappa shape index (κ2) is 6.41. The second-order valence-electron chi connectivity index (χ2n) is 3.09. The lowest BCUT2D eigenvalue weighted by molar-refractivity contribution is 0.620. The van der Waals surface area contributed by atoms with Crippen LogP contribution in [0.2, 0.25) is 4.34 Å². The fourth-order valence-corrected chi connectivity index (χ4v) is 2.22. The van der Waals surface area contributed by atoms with Gasteiger partial charge in [0.25, 0.3) is 0 Å². The zero-order chi connectivity index (χ0) is 9.52. The van der Waals surface area contributed by atoms with E-state index in [1.54, 1.807) is 11.3 Å². The number of nitrogens with one attached hydrogen (secondary N) is 1. The maximum Gasteiger partial charge on any atom is 0.0931 e. The third-order valence-corrected chi connectivity index (χ3v) is 3.12. The molecule has 0 spiro atoms. The van der Waals surface area contributed by atoms with Gasteiger partial charge in [-0.05, 0) is 25.1 Å². The maximum atomic E-state index is 5.81. The molecule has 1 heterocycles. The molecule has 0 unspecified atom stereocenters. The Bertz CT molecular complexity index is 235. The van der Waals surface area contributed by atoms with Gasteiger partial charge in [-0.3, -0.25) is 0 Å². The van der Waals surface area contributed by atoms with Gasteiger partial charge in [-0.2, -0.15) is 0 Å². The molecular weight excluding hydrogens is 202 g/mol. The summed E-state index contributed by atoms with van der Waals surface area (Å²) in [6.07, 6.45) is 3.88. The molecule has 1 rings (SSSR count). The van der Waals surface area contributed by atoms with Gasteiger partial charge in [-0.15, -0.1) is 11.3 Å². The summed E-state index contributed by atoms with van der Waals surface area (Å²) < 4.78 is 0.880. The van der Waals surface area contributed by atoms with Crippen LogP contribution in [0, 0.1) is 0 Å². The molecule has 74 valence electrons. The van der Waals surface area contributed by atoms with Crippen molar-refractivity contribution in [3.05, 3.63) is 21.3 Å². The van der Waals surface area contributed by atoms with Crippen LogP contribution in [-0.4, -0.2) is 6.54 Å². The number of hydrogen-bond donors (Lipinski definition) is 1. The zero-order valence-electron chi connectivity index (χ0n) is 7.98. The first-order chi connectivity index (χ1) is 6.33. The summed E-state index contributed by atoms with van der Waals surface area (Å²) in [7, 11) is 0. The summed E-state index contributed by atoms with van der Waals surface area (Å²) in [5, 5.41) is 3.40. The molecule has 0 radical (unpaired) electrons. The number of thiophene rings is 1. The Balaban J connectivity index is 2.06. The van der Waals surface area contributed by atoms with Gasteiger partial charge < -0.3 is 5.32 Å². The highest BCUT2D eigenvalue weighted by molar-refractivity contribution is 7.16. The van der Waals surface area contributed by atoms with Crippen molar-refractivity contribution in [3.8, 4) is 0 Å². The van der Waals surface area contributed by atoms with E-state index in [1.165, 1.54) is 24.1 Å². The van der Waals surface area contributed by atoms with Crippen molar-refractivity contribution in [3.63, 3.8) is 0 Å². The molecule has 13 heavy (non-hydrogen) atoms. The van der Waals surface area contributed by atoms with Crippen molar-refractivity contribution in [2.75, 3.05) is 6.54 Å². The molecule has 0 amide bonds. The molecule has 0 aromatic carbocycles. The average molecular weight is 218 g/mol. The van der Waals surface area contributed by atoms with E-state index in [9.17, 15) is 0 Å². The SMILES string of the molecule is CCCCCNCc1ccc(Cl)s1. The van der Waals surface area contributed by atoms with Gasteiger partial charge >= 0.3 is 0 Å². The maximum absolute atomic E-state index is 5.81. The van der Waals surface area contributed by atoms with Crippen molar-refractivity contribution in [1.29, 1.82) is 0 Å². The summed E-state index contributed by atoms with van der Waals surface area (Å²) >= 11 is 7.47. The standard InChI is InChI=1S/C10H16ClNS/c1-2-3-4-7-12-8-9-5-6-10(11)13-9/h5-6,12H,2-4,7-8H2,1H3. The fourth-order valence-electron chi connectivity index (χ4n) is 1.16. The van der Waals surface area contributed by atoms with Crippen LogP contribution >= 0.6 is 22.9 Å². The first kappa shape index (κ1) is 11.0. The zero-order valence-corrected chi connectivity index (χ0v) is 9.55. The van der Waals surface area contributed by atoms with Crippen LogP contribution in [0.15, 0.2) is 12.1 Å². The molecule has 1 aromatic heterocycles. The molecule has 1 N–H and O–H groups in total. The number of rotatable bonds is 6. The smallest absolute Gasteiger partial charge is 0.0931 e. The van der Waals surface area contributed by atoms with E-state index in [0.717, 1.165) is 17.4 Å². The molecule has 1 nitrogen and oxygen atoms in total. The number of halogens is 1. The van der Waals surface area contributed by atoms with Crippen LogP contribution in [0.25, 0.3) is 0 Å². The monoisotopic (exact) mass is 217 g/mol. The lowest BCUT2D eigenvalue weighted by atomic mass is 10.2. The van der Waals surface area contributed by atoms with Crippen LogP contribution in [-0.2, 0) is 6.54 Å². The third kappa shape index (κ3) is 4.65. The van der Waals surface area contributed by atoms with Gasteiger partial charge in [0.2, 0.25) is 0 Å². The Morgan fingerprint density at radius 1 is 1.38 bits per heavy atom. The normalized spacial score (nSPS) is 10.6. The molecule has 0 aliphatic heterocycles. The first-order valence-corrected chi connectivity index (χ1v) is 5.97. The minimum Gasteiger partial charge on any atom is -0.312 e. The van der Waals surface area contributed by atoms with Crippen LogP contribution < -0.4 is 5.32 Å². The summed E-state index contributed by atoms with van der Waals surface area (Å²) in [5.74, 6) is 0. The van der Waals surface area contributed by atoms with Crippen LogP contribution in [0.5, 0.6) is 0 Å². The minimum absolute atomic E-state index is 0.880. The predicted molar refractivity (Wildman–Crippen MR) is 60.6 cm³/mol. The van der Waals surface area contributed by atoms with Gasteiger partial charge in [0, 0.05) is 11.4 Å². The Kier molecular flexibility index (Phi) is 5.44. The van der Waals surface area contributed by atoms with E-state index in [0.29, 0.717) is 0 Å². The first-order valence-electron chi connectivity index (χ1n) is 4.78. The number of unbranched alkanes of at least 4 members (excludes halogenated alkanes) is 2. The van der Waals surface area contributed by atoms with E-state index < -0.39 is 0 Å². The average Bonchev–Trinajstić information content (AvgIpc) is 2.51. The fraction of sp³-hybridized carbons (Fsp3) is 0.600. The highest BCUT2D eigenvalue weighted by Gasteiger charge is 1.96. The van der Waals surface area contributed by atoms with Crippen molar-refractivity contribution >= 4 is 22.9 Å². The van der Waals surface area contributed by atoms with Crippen molar-refractivity contribution in [1.82, 2.24) is 5.32 Å². The van der Waals surface area contributed by atoms with Gasteiger partial charge in [-0.25, -0.2) is 0 Å². The Labute approximate surface area is 89.1 Å². The van der Waals surface area contributed by atoms with Crippen LogP contribution in [0.1, 0.15) is 31.1 Å². The Morgan fingerprint density at radius 2 is 2.23 bits per heavy atom. The molecule has 0 saturated heterocycles. The lowest BCUT2D eigenvalue weighted by Crippen LogP contribution is -2.13. The summed E-state index contributed by atoms with van der Waals surface area (Å²) in [6, 6.07) is 4.04. The molecule has 3 heteroatoms. The molecule has 0 aliphatic carbocycles. The summed E-state index contributed by atoms with van der Waals surface area (Å²) in [4.78, 5) is 1.32. The third-order valence-electron chi connectivity index (χ3n) is 1.89. The van der Waals surface area contributed by atoms with E-state index >= 15 is 0 Å². The van der Waals surface area contributed by atoms with E-state index in [1.807, 2.05) is 6.07 Å². The molecule has 0 saturated carbocycles. The van der Waals surface area contributed by atoms with E-state index in [2.05, 4.69) is 18.3 Å². The quantitative estimate of drug-likeness (QED) is 0.717. The molecule has 1 aromatic rings. The Hall–Kier alpha value is -0.0500. The van der Waals surface area contributed by atoms with E-state index in [-0.39, 0.29) is 0 Å². The molecular formula is C10H16ClNS. The largest absolute Gasteiger partial charge is 0.312 e. The molecule has 0 bridgehead atoms. The van der Waals surface area contributed by atoms with Gasteiger partial charge in [0.1, 0.15) is 0 Å². The van der Waals surface area contributed by atoms with Gasteiger partial charge in [-0.1, -0.05) is 31.4 Å². The number of hydrogen-bond acceptors (Lipinski definition) is 2. The minimum atomic E-state index is 0.880. The van der Waals surface area contributed by atoms with Crippen molar-refractivity contribution in [2.45, 2.75) is 32.7 Å². The molecule has 0 aliphatic rings. The summed E-state index contributed by atoms with van der Waals surface area (Å²) in [5.41, 5.74) is 0. The van der Waals surface area contributed by atoms with Crippen molar-refractivity contribution < 1.29 is 0 Å². The van der Waals surface area contributed by atoms with E-state index in [4.69, 9.17) is 11.6 Å². The highest BCUT2D eigenvalue weighted by Crippen LogP contribution is 2.20. The van der Waals surface area contributed by atoms with Crippen LogP contribution in [0.3, 0.4) is 0 Å². The molecule has 0 fully saturated rings. The molecule has 0 atom stereocenters. The van der Waals surface area contributed by atoms with Crippen molar-refractivity contribution in [2.24, 2.45) is 0 Å². The second-order valence-corrected chi connectivity index (χ2v) is 4.89.